The van der Waals surface area contributed by atoms with Crippen LogP contribution in [0.3, 0.4) is 0 Å². The highest BCUT2D eigenvalue weighted by molar-refractivity contribution is 7.14. The molecule has 2 aliphatic rings. The van der Waals surface area contributed by atoms with Crippen LogP contribution in [0.4, 0.5) is 0 Å². The maximum absolute atomic E-state index is 12.8. The Morgan fingerprint density at radius 1 is 1.31 bits per heavy atom. The lowest BCUT2D eigenvalue weighted by Gasteiger charge is -2.44. The van der Waals surface area contributed by atoms with Gasteiger partial charge in [-0.15, -0.1) is 11.3 Å². The first-order valence-electron chi connectivity index (χ1n) is 8.64. The van der Waals surface area contributed by atoms with Crippen molar-refractivity contribution in [1.82, 2.24) is 10.1 Å². The van der Waals surface area contributed by atoms with Gasteiger partial charge in [0.05, 0.1) is 17.9 Å². The molecule has 1 amide bonds. The van der Waals surface area contributed by atoms with Crippen molar-refractivity contribution >= 4 is 23.2 Å². The largest absolute Gasteiger partial charge is 0.477 e. The standard InChI is InChI=1S/C18H20N2O5S/c1-10-15(11(2)25-19-10)16(21)20-6-4-18(5-7-20)12-9-14(17(22)23)26-13(12)3-8-24-18/h9H,3-8H2,1-2H3,(H,22,23). The molecule has 1 saturated heterocycles. The molecular formula is C18H20N2O5S. The minimum atomic E-state index is -0.898. The summed E-state index contributed by atoms with van der Waals surface area (Å²) in [5, 5.41) is 13.2. The Kier molecular flexibility index (Phi) is 4.11. The number of carbonyl (C=O) groups excluding carboxylic acids is 1. The molecule has 0 unspecified atom stereocenters. The van der Waals surface area contributed by atoms with Crippen molar-refractivity contribution in [3.8, 4) is 0 Å². The predicted octanol–water partition coefficient (Wildman–Crippen LogP) is 2.76. The number of piperidine rings is 1. The van der Waals surface area contributed by atoms with Crippen LogP contribution < -0.4 is 0 Å². The Morgan fingerprint density at radius 3 is 2.65 bits per heavy atom. The van der Waals surface area contributed by atoms with Gasteiger partial charge in [-0.25, -0.2) is 4.79 Å². The highest BCUT2D eigenvalue weighted by Crippen LogP contribution is 2.44. The van der Waals surface area contributed by atoms with Crippen molar-refractivity contribution in [2.24, 2.45) is 0 Å². The molecular weight excluding hydrogens is 356 g/mol. The van der Waals surface area contributed by atoms with Crippen LogP contribution >= 0.6 is 11.3 Å². The number of hydrogen-bond donors (Lipinski definition) is 1. The van der Waals surface area contributed by atoms with Crippen LogP contribution in [0.5, 0.6) is 0 Å². The number of hydrogen-bond acceptors (Lipinski definition) is 6. The molecule has 2 aromatic heterocycles. The van der Waals surface area contributed by atoms with E-state index in [0.29, 0.717) is 54.4 Å². The number of rotatable bonds is 2. The Morgan fingerprint density at radius 2 is 2.04 bits per heavy atom. The molecule has 1 N–H and O–H groups in total. The maximum Gasteiger partial charge on any atom is 0.345 e. The van der Waals surface area contributed by atoms with Crippen LogP contribution in [0.1, 0.15) is 54.8 Å². The van der Waals surface area contributed by atoms with Gasteiger partial charge in [-0.1, -0.05) is 5.16 Å². The molecule has 7 nitrogen and oxygen atoms in total. The number of carboxylic acids is 1. The molecule has 4 rings (SSSR count). The van der Waals surface area contributed by atoms with E-state index in [0.717, 1.165) is 16.9 Å². The van der Waals surface area contributed by atoms with E-state index in [9.17, 15) is 14.7 Å². The summed E-state index contributed by atoms with van der Waals surface area (Å²) < 4.78 is 11.2. The van der Waals surface area contributed by atoms with Crippen LogP contribution in [0.25, 0.3) is 0 Å². The second kappa shape index (κ2) is 6.21. The summed E-state index contributed by atoms with van der Waals surface area (Å²) >= 11 is 1.34. The molecule has 1 spiro atoms. The number of thiophene rings is 1. The van der Waals surface area contributed by atoms with Crippen LogP contribution in [0.15, 0.2) is 10.6 Å². The van der Waals surface area contributed by atoms with E-state index in [1.54, 1.807) is 24.8 Å². The van der Waals surface area contributed by atoms with Crippen molar-refractivity contribution in [2.75, 3.05) is 19.7 Å². The van der Waals surface area contributed by atoms with Gasteiger partial charge in [-0.05, 0) is 38.3 Å². The summed E-state index contributed by atoms with van der Waals surface area (Å²) in [5.74, 6) is -0.429. The lowest BCUT2D eigenvalue weighted by atomic mass is 9.82. The number of carbonyl (C=O) groups is 2. The molecule has 0 bridgehead atoms. The number of aryl methyl sites for hydroxylation is 2. The second-order valence-corrected chi connectivity index (χ2v) is 7.97. The van der Waals surface area contributed by atoms with Crippen LogP contribution in [-0.2, 0) is 16.8 Å². The number of aromatic carboxylic acids is 1. The number of amides is 1. The molecule has 138 valence electrons. The molecule has 2 aliphatic heterocycles. The summed E-state index contributed by atoms with van der Waals surface area (Å²) in [6, 6.07) is 1.76. The van der Waals surface area contributed by atoms with E-state index >= 15 is 0 Å². The zero-order chi connectivity index (χ0) is 18.5. The Bertz CT molecular complexity index is 857. The van der Waals surface area contributed by atoms with Crippen molar-refractivity contribution in [1.29, 1.82) is 0 Å². The first kappa shape index (κ1) is 17.2. The predicted molar refractivity (Wildman–Crippen MR) is 93.7 cm³/mol. The third-order valence-corrected chi connectivity index (χ3v) is 6.51. The molecule has 0 aliphatic carbocycles. The van der Waals surface area contributed by atoms with Gasteiger partial charge < -0.3 is 19.3 Å². The normalized spacial score (nSPS) is 18.8. The maximum atomic E-state index is 12.8. The fraction of sp³-hybridized carbons (Fsp3) is 0.500. The molecule has 8 heteroatoms. The van der Waals surface area contributed by atoms with Crippen molar-refractivity contribution in [3.63, 3.8) is 0 Å². The summed E-state index contributed by atoms with van der Waals surface area (Å²) in [6.45, 7) is 5.21. The number of fused-ring (bicyclic) bond motifs is 2. The van der Waals surface area contributed by atoms with Gasteiger partial charge in [0.15, 0.2) is 0 Å². The lowest BCUT2D eigenvalue weighted by molar-refractivity contribution is -0.0926. The highest BCUT2D eigenvalue weighted by atomic mass is 32.1. The monoisotopic (exact) mass is 376 g/mol. The van der Waals surface area contributed by atoms with Gasteiger partial charge in [0, 0.05) is 24.4 Å². The SMILES string of the molecule is Cc1noc(C)c1C(=O)N1CCC2(CC1)OCCc1sc(C(=O)O)cc12. The van der Waals surface area contributed by atoms with Crippen molar-refractivity contribution in [2.45, 2.75) is 38.7 Å². The molecule has 0 atom stereocenters. The first-order valence-corrected chi connectivity index (χ1v) is 9.45. The van der Waals surface area contributed by atoms with Gasteiger partial charge in [0.1, 0.15) is 16.2 Å². The van der Waals surface area contributed by atoms with Gasteiger partial charge in [0.25, 0.3) is 5.91 Å². The number of ether oxygens (including phenoxy) is 1. The third kappa shape index (κ3) is 2.64. The first-order chi connectivity index (χ1) is 12.4. The number of nitrogens with zero attached hydrogens (tertiary/aromatic N) is 2. The van der Waals surface area contributed by atoms with Crippen LogP contribution in [-0.4, -0.2) is 46.7 Å². The zero-order valence-electron chi connectivity index (χ0n) is 14.7. The van der Waals surface area contributed by atoms with Crippen LogP contribution in [0.2, 0.25) is 0 Å². The van der Waals surface area contributed by atoms with Crippen molar-refractivity contribution < 1.29 is 24.0 Å². The van der Waals surface area contributed by atoms with E-state index in [-0.39, 0.29) is 5.91 Å². The summed E-state index contributed by atoms with van der Waals surface area (Å²) in [6.07, 6.45) is 2.06. The summed E-state index contributed by atoms with van der Waals surface area (Å²) in [4.78, 5) is 27.4. The molecule has 2 aromatic rings. The topological polar surface area (TPSA) is 92.9 Å². The van der Waals surface area contributed by atoms with Crippen molar-refractivity contribution in [3.05, 3.63) is 38.4 Å². The minimum absolute atomic E-state index is 0.0660. The van der Waals surface area contributed by atoms with E-state index in [2.05, 4.69) is 5.16 Å². The van der Waals surface area contributed by atoms with E-state index in [4.69, 9.17) is 9.26 Å². The average Bonchev–Trinajstić information content (AvgIpc) is 3.20. The van der Waals surface area contributed by atoms with Gasteiger partial charge in [0.2, 0.25) is 0 Å². The Hall–Kier alpha value is -2.19. The van der Waals surface area contributed by atoms with Gasteiger partial charge >= 0.3 is 5.97 Å². The minimum Gasteiger partial charge on any atom is -0.477 e. The fourth-order valence-electron chi connectivity index (χ4n) is 3.95. The van der Waals surface area contributed by atoms with Gasteiger partial charge in [-0.3, -0.25) is 4.79 Å². The second-order valence-electron chi connectivity index (χ2n) is 6.84. The summed E-state index contributed by atoms with van der Waals surface area (Å²) in [5.41, 5.74) is 1.66. The number of likely N-dealkylation sites (tertiary alicyclic amines) is 1. The fourth-order valence-corrected chi connectivity index (χ4v) is 5.02. The van der Waals surface area contributed by atoms with E-state index in [1.165, 1.54) is 11.3 Å². The molecule has 26 heavy (non-hydrogen) atoms. The quantitative estimate of drug-likeness (QED) is 0.866. The lowest BCUT2D eigenvalue weighted by Crippen LogP contribution is -2.48. The zero-order valence-corrected chi connectivity index (χ0v) is 15.5. The molecule has 0 aromatic carbocycles. The molecule has 0 radical (unpaired) electrons. The molecule has 4 heterocycles. The number of carboxylic acid groups (broad SMARTS) is 1. The Labute approximate surface area is 154 Å². The van der Waals surface area contributed by atoms with E-state index < -0.39 is 11.6 Å². The smallest absolute Gasteiger partial charge is 0.345 e. The van der Waals surface area contributed by atoms with E-state index in [1.807, 2.05) is 0 Å². The number of aromatic nitrogens is 1. The summed E-state index contributed by atoms with van der Waals surface area (Å²) in [7, 11) is 0. The molecule has 0 saturated carbocycles. The van der Waals surface area contributed by atoms with Crippen LogP contribution in [0, 0.1) is 13.8 Å². The molecule has 1 fully saturated rings. The highest BCUT2D eigenvalue weighted by Gasteiger charge is 2.43. The Balaban J connectivity index is 1.56. The van der Waals surface area contributed by atoms with Gasteiger partial charge in [-0.2, -0.15) is 0 Å². The average molecular weight is 376 g/mol. The third-order valence-electron chi connectivity index (χ3n) is 5.32.